The molecule has 0 saturated carbocycles. The Morgan fingerprint density at radius 2 is 2.12 bits per heavy atom. The van der Waals surface area contributed by atoms with Gasteiger partial charge in [0.25, 0.3) is 0 Å². The van der Waals surface area contributed by atoms with Crippen molar-refractivity contribution in [1.29, 1.82) is 0 Å². The summed E-state index contributed by atoms with van der Waals surface area (Å²) < 4.78 is 2.03. The summed E-state index contributed by atoms with van der Waals surface area (Å²) >= 11 is 1.75. The third-order valence-corrected chi connectivity index (χ3v) is 4.75. The van der Waals surface area contributed by atoms with E-state index in [1.54, 1.807) is 17.5 Å². The molecule has 3 aromatic rings. The maximum atomic E-state index is 12.0. The summed E-state index contributed by atoms with van der Waals surface area (Å²) in [7, 11) is 0. The lowest BCUT2D eigenvalue weighted by Crippen LogP contribution is -2.22. The Bertz CT molecular complexity index is 751. The predicted molar refractivity (Wildman–Crippen MR) is 96.9 cm³/mol. The number of amides is 1. The minimum absolute atomic E-state index is 0.117. The van der Waals surface area contributed by atoms with Crippen LogP contribution in [-0.2, 0) is 24.3 Å². The smallest absolute Gasteiger partial charge is 0.220 e. The van der Waals surface area contributed by atoms with Crippen molar-refractivity contribution in [3.05, 3.63) is 76.5 Å². The first kappa shape index (κ1) is 16.5. The van der Waals surface area contributed by atoms with Crippen LogP contribution >= 0.6 is 11.3 Å². The number of aromatic nitrogens is 2. The van der Waals surface area contributed by atoms with Crippen LogP contribution in [-0.4, -0.2) is 15.5 Å². The van der Waals surface area contributed by atoms with Crippen molar-refractivity contribution in [2.24, 2.45) is 0 Å². The first-order valence-corrected chi connectivity index (χ1v) is 9.00. The van der Waals surface area contributed by atoms with Crippen LogP contribution in [0.1, 0.15) is 28.8 Å². The van der Waals surface area contributed by atoms with Crippen LogP contribution in [0.3, 0.4) is 0 Å². The van der Waals surface area contributed by atoms with Crippen LogP contribution < -0.4 is 5.32 Å². The summed E-state index contributed by atoms with van der Waals surface area (Å²) in [4.78, 5) is 17.4. The first-order chi connectivity index (χ1) is 11.8. The molecule has 1 N–H and O–H groups in total. The number of imidazole rings is 1. The standard InChI is InChI=1S/C19H21N3OS/c23-19(8-2-6-18-7-3-11-24-18)21-13-16-4-1-5-17(12-16)14-22-10-9-20-15-22/h1,3-5,7,9-12,15H,2,6,8,13-14H2,(H,21,23). The number of carbonyl (C=O) groups excluding carboxylic acids is 1. The van der Waals surface area contributed by atoms with Crippen molar-refractivity contribution >= 4 is 17.2 Å². The van der Waals surface area contributed by atoms with E-state index in [1.165, 1.54) is 10.4 Å². The van der Waals surface area contributed by atoms with Gasteiger partial charge in [-0.3, -0.25) is 4.79 Å². The number of nitrogens with one attached hydrogen (secondary N) is 1. The average molecular weight is 339 g/mol. The van der Waals surface area contributed by atoms with Gasteiger partial charge < -0.3 is 9.88 Å². The van der Waals surface area contributed by atoms with Gasteiger partial charge in [0, 0.05) is 36.8 Å². The summed E-state index contributed by atoms with van der Waals surface area (Å²) in [6.07, 6.45) is 7.98. The summed E-state index contributed by atoms with van der Waals surface area (Å²) in [5.74, 6) is 0.117. The average Bonchev–Trinajstić information content (AvgIpc) is 3.27. The lowest BCUT2D eigenvalue weighted by atomic mass is 10.1. The van der Waals surface area contributed by atoms with Gasteiger partial charge in [0.2, 0.25) is 5.91 Å². The number of thiophene rings is 1. The van der Waals surface area contributed by atoms with E-state index in [2.05, 4.69) is 39.9 Å². The Hall–Kier alpha value is -2.40. The topological polar surface area (TPSA) is 46.9 Å². The highest BCUT2D eigenvalue weighted by Crippen LogP contribution is 2.12. The zero-order valence-electron chi connectivity index (χ0n) is 13.5. The Morgan fingerprint density at radius 3 is 2.92 bits per heavy atom. The van der Waals surface area contributed by atoms with E-state index in [9.17, 15) is 4.79 Å². The molecule has 0 fully saturated rings. The Morgan fingerprint density at radius 1 is 1.21 bits per heavy atom. The van der Waals surface area contributed by atoms with Gasteiger partial charge >= 0.3 is 0 Å². The molecule has 0 spiro atoms. The molecule has 24 heavy (non-hydrogen) atoms. The SMILES string of the molecule is O=C(CCCc1cccs1)NCc1cccc(Cn2ccnc2)c1. The molecule has 124 valence electrons. The molecule has 2 aromatic heterocycles. The third kappa shape index (κ3) is 5.06. The zero-order chi connectivity index (χ0) is 16.6. The highest BCUT2D eigenvalue weighted by atomic mass is 32.1. The molecule has 3 rings (SSSR count). The van der Waals surface area contributed by atoms with Crippen molar-refractivity contribution in [2.75, 3.05) is 0 Å². The maximum absolute atomic E-state index is 12.0. The lowest BCUT2D eigenvalue weighted by molar-refractivity contribution is -0.121. The Labute approximate surface area is 146 Å². The number of aryl methyl sites for hydroxylation is 1. The van der Waals surface area contributed by atoms with E-state index in [-0.39, 0.29) is 5.91 Å². The monoisotopic (exact) mass is 339 g/mol. The second-order valence-electron chi connectivity index (χ2n) is 5.76. The first-order valence-electron chi connectivity index (χ1n) is 8.12. The van der Waals surface area contributed by atoms with Crippen molar-refractivity contribution < 1.29 is 4.79 Å². The second-order valence-corrected chi connectivity index (χ2v) is 6.80. The van der Waals surface area contributed by atoms with Crippen molar-refractivity contribution in [3.63, 3.8) is 0 Å². The van der Waals surface area contributed by atoms with Crippen molar-refractivity contribution in [3.8, 4) is 0 Å². The molecule has 0 aliphatic rings. The van der Waals surface area contributed by atoms with Crippen LogP contribution in [0, 0.1) is 0 Å². The van der Waals surface area contributed by atoms with Gasteiger partial charge in [0.15, 0.2) is 0 Å². The van der Waals surface area contributed by atoms with E-state index >= 15 is 0 Å². The number of nitrogens with zero attached hydrogens (tertiary/aromatic N) is 2. The minimum atomic E-state index is 0.117. The zero-order valence-corrected chi connectivity index (χ0v) is 14.3. The molecule has 0 bridgehead atoms. The molecule has 0 aliphatic heterocycles. The van der Waals surface area contributed by atoms with E-state index in [0.717, 1.165) is 24.9 Å². The van der Waals surface area contributed by atoms with Crippen LogP contribution in [0.15, 0.2) is 60.5 Å². The lowest BCUT2D eigenvalue weighted by Gasteiger charge is -2.08. The molecule has 0 aliphatic carbocycles. The molecule has 4 nitrogen and oxygen atoms in total. The predicted octanol–water partition coefficient (Wildman–Crippen LogP) is 3.63. The number of hydrogen-bond acceptors (Lipinski definition) is 3. The van der Waals surface area contributed by atoms with Gasteiger partial charge in [-0.1, -0.05) is 30.3 Å². The fourth-order valence-corrected chi connectivity index (χ4v) is 3.35. The number of benzene rings is 1. The van der Waals surface area contributed by atoms with Gasteiger partial charge in [-0.25, -0.2) is 4.98 Å². The van der Waals surface area contributed by atoms with Crippen LogP contribution in [0.4, 0.5) is 0 Å². The summed E-state index contributed by atoms with van der Waals surface area (Å²) in [6, 6.07) is 12.5. The highest BCUT2D eigenvalue weighted by Gasteiger charge is 2.03. The van der Waals surface area contributed by atoms with E-state index in [1.807, 2.05) is 29.2 Å². The molecule has 0 atom stereocenters. The Balaban J connectivity index is 1.43. The van der Waals surface area contributed by atoms with E-state index in [0.29, 0.717) is 13.0 Å². The molecule has 5 heteroatoms. The van der Waals surface area contributed by atoms with Gasteiger partial charge in [-0.15, -0.1) is 11.3 Å². The molecule has 0 radical (unpaired) electrons. The molecular formula is C19H21N3OS. The van der Waals surface area contributed by atoms with E-state index < -0.39 is 0 Å². The van der Waals surface area contributed by atoms with Crippen molar-refractivity contribution in [1.82, 2.24) is 14.9 Å². The van der Waals surface area contributed by atoms with Crippen LogP contribution in [0.25, 0.3) is 0 Å². The molecular weight excluding hydrogens is 318 g/mol. The molecule has 0 unspecified atom stereocenters. The van der Waals surface area contributed by atoms with Gasteiger partial charge in [-0.05, 0) is 35.4 Å². The quantitative estimate of drug-likeness (QED) is 0.681. The van der Waals surface area contributed by atoms with Crippen LogP contribution in [0.2, 0.25) is 0 Å². The fraction of sp³-hybridized carbons (Fsp3) is 0.263. The molecule has 1 aromatic carbocycles. The number of carbonyl (C=O) groups is 1. The normalized spacial score (nSPS) is 10.7. The van der Waals surface area contributed by atoms with Crippen LogP contribution in [0.5, 0.6) is 0 Å². The number of hydrogen-bond donors (Lipinski definition) is 1. The summed E-state index contributed by atoms with van der Waals surface area (Å²) in [6.45, 7) is 1.37. The summed E-state index contributed by atoms with van der Waals surface area (Å²) in [5, 5.41) is 5.09. The minimum Gasteiger partial charge on any atom is -0.352 e. The number of rotatable bonds is 8. The third-order valence-electron chi connectivity index (χ3n) is 3.81. The van der Waals surface area contributed by atoms with Gasteiger partial charge in [-0.2, -0.15) is 0 Å². The van der Waals surface area contributed by atoms with Gasteiger partial charge in [0.1, 0.15) is 0 Å². The molecule has 1 amide bonds. The van der Waals surface area contributed by atoms with Gasteiger partial charge in [0.05, 0.1) is 6.33 Å². The second kappa shape index (κ2) is 8.45. The highest BCUT2D eigenvalue weighted by molar-refractivity contribution is 7.09. The fourth-order valence-electron chi connectivity index (χ4n) is 2.60. The largest absolute Gasteiger partial charge is 0.352 e. The van der Waals surface area contributed by atoms with E-state index in [4.69, 9.17) is 0 Å². The molecule has 0 saturated heterocycles. The maximum Gasteiger partial charge on any atom is 0.220 e. The Kier molecular flexibility index (Phi) is 5.80. The molecule has 2 heterocycles. The van der Waals surface area contributed by atoms with Crippen molar-refractivity contribution in [2.45, 2.75) is 32.4 Å². The summed E-state index contributed by atoms with van der Waals surface area (Å²) in [5.41, 5.74) is 2.33.